The third-order valence-electron chi connectivity index (χ3n) is 3.20. The maximum Gasteiger partial charge on any atom is 0.337 e. The fourth-order valence-corrected chi connectivity index (χ4v) is 3.62. The minimum absolute atomic E-state index is 0.259. The minimum Gasteiger partial charge on any atom is -0.478 e. The van der Waals surface area contributed by atoms with Gasteiger partial charge >= 0.3 is 5.97 Å². The van der Waals surface area contributed by atoms with Gasteiger partial charge in [-0.3, -0.25) is 0 Å². The van der Waals surface area contributed by atoms with Crippen molar-refractivity contribution in [2.45, 2.75) is 6.54 Å². The molecule has 0 bridgehead atoms. The van der Waals surface area contributed by atoms with E-state index in [1.54, 1.807) is 35.6 Å². The summed E-state index contributed by atoms with van der Waals surface area (Å²) in [6, 6.07) is 14.8. The zero-order valence-corrected chi connectivity index (χ0v) is 12.5. The highest BCUT2D eigenvalue weighted by Gasteiger charge is 2.12. The fourth-order valence-electron chi connectivity index (χ4n) is 2.18. The van der Waals surface area contributed by atoms with E-state index < -0.39 is 5.97 Å². The van der Waals surface area contributed by atoms with Crippen LogP contribution in [0.4, 0.5) is 5.69 Å². The first-order valence-corrected chi connectivity index (χ1v) is 7.58. The minimum atomic E-state index is -0.944. The first kappa shape index (κ1) is 13.9. The van der Waals surface area contributed by atoms with E-state index in [0.717, 1.165) is 20.0 Å². The molecule has 0 saturated carbocycles. The Morgan fingerprint density at radius 1 is 1.14 bits per heavy atom. The van der Waals surface area contributed by atoms with Gasteiger partial charge in [0.1, 0.15) is 0 Å². The average molecular weight is 318 g/mol. The smallest absolute Gasteiger partial charge is 0.337 e. The second kappa shape index (κ2) is 5.76. The van der Waals surface area contributed by atoms with Gasteiger partial charge in [0, 0.05) is 20.7 Å². The first-order chi connectivity index (χ1) is 10.2. The van der Waals surface area contributed by atoms with Gasteiger partial charge in [-0.1, -0.05) is 41.9 Å². The van der Waals surface area contributed by atoms with Crippen LogP contribution in [0.5, 0.6) is 0 Å². The molecule has 5 heteroatoms. The Kier molecular flexibility index (Phi) is 3.82. The van der Waals surface area contributed by atoms with Gasteiger partial charge in [-0.25, -0.2) is 4.79 Å². The predicted octanol–water partition coefficient (Wildman–Crippen LogP) is 4.87. The van der Waals surface area contributed by atoms with Gasteiger partial charge in [0.15, 0.2) is 0 Å². The van der Waals surface area contributed by atoms with Crippen molar-refractivity contribution in [2.24, 2.45) is 0 Å². The van der Waals surface area contributed by atoms with E-state index in [4.69, 9.17) is 16.7 Å². The molecular formula is C16H12ClNO2S. The van der Waals surface area contributed by atoms with E-state index in [9.17, 15) is 4.79 Å². The maximum absolute atomic E-state index is 11.2. The van der Waals surface area contributed by atoms with E-state index in [1.165, 1.54) is 0 Å². The Balaban J connectivity index is 1.87. The van der Waals surface area contributed by atoms with Gasteiger partial charge in [0.25, 0.3) is 0 Å². The van der Waals surface area contributed by atoms with Crippen molar-refractivity contribution in [1.29, 1.82) is 0 Å². The number of nitrogens with one attached hydrogen (secondary N) is 1. The molecule has 0 aliphatic heterocycles. The lowest BCUT2D eigenvalue weighted by atomic mass is 10.2. The number of aromatic carboxylic acids is 1. The standard InChI is InChI=1S/C16H12ClNO2S/c17-15-11-6-2-4-8-13(11)21-14(15)9-18-12-7-3-1-5-10(12)16(19)20/h1-8,18H,9H2,(H,19,20). The molecule has 3 aromatic rings. The van der Waals surface area contributed by atoms with Gasteiger partial charge in [0.05, 0.1) is 17.1 Å². The summed E-state index contributed by atoms with van der Waals surface area (Å²) in [5, 5.41) is 14.1. The largest absolute Gasteiger partial charge is 0.478 e. The number of para-hydroxylation sites is 1. The van der Waals surface area contributed by atoms with E-state index in [1.807, 2.05) is 24.3 Å². The Labute approximate surface area is 130 Å². The molecule has 0 amide bonds. The van der Waals surface area contributed by atoms with Crippen LogP contribution >= 0.6 is 22.9 Å². The average Bonchev–Trinajstić information content (AvgIpc) is 2.82. The molecule has 3 nitrogen and oxygen atoms in total. The predicted molar refractivity (Wildman–Crippen MR) is 87.6 cm³/mol. The molecule has 0 aliphatic rings. The highest BCUT2D eigenvalue weighted by molar-refractivity contribution is 7.19. The van der Waals surface area contributed by atoms with E-state index in [2.05, 4.69) is 5.32 Å². The number of rotatable bonds is 4. The number of hydrogen-bond donors (Lipinski definition) is 2. The van der Waals surface area contributed by atoms with E-state index in [0.29, 0.717) is 12.2 Å². The Bertz CT molecular complexity index is 813. The van der Waals surface area contributed by atoms with Crippen molar-refractivity contribution < 1.29 is 9.90 Å². The zero-order valence-electron chi connectivity index (χ0n) is 11.0. The van der Waals surface area contributed by atoms with Crippen molar-refractivity contribution in [2.75, 3.05) is 5.32 Å². The lowest BCUT2D eigenvalue weighted by Gasteiger charge is -2.08. The van der Waals surface area contributed by atoms with E-state index in [-0.39, 0.29) is 5.56 Å². The Hall–Kier alpha value is -2.04. The molecule has 2 aromatic carbocycles. The highest BCUT2D eigenvalue weighted by Crippen LogP contribution is 2.35. The molecule has 0 saturated heterocycles. The van der Waals surface area contributed by atoms with Crippen molar-refractivity contribution in [1.82, 2.24) is 0 Å². The number of thiophene rings is 1. The highest BCUT2D eigenvalue weighted by atomic mass is 35.5. The maximum atomic E-state index is 11.2. The molecule has 0 fully saturated rings. The number of anilines is 1. The lowest BCUT2D eigenvalue weighted by Crippen LogP contribution is -2.05. The summed E-state index contributed by atoms with van der Waals surface area (Å²) in [5.41, 5.74) is 0.855. The van der Waals surface area contributed by atoms with Crippen LogP contribution in [-0.4, -0.2) is 11.1 Å². The van der Waals surface area contributed by atoms with Crippen LogP contribution in [0.3, 0.4) is 0 Å². The van der Waals surface area contributed by atoms with Crippen LogP contribution in [0.2, 0.25) is 5.02 Å². The molecule has 1 heterocycles. The first-order valence-electron chi connectivity index (χ1n) is 6.39. The third kappa shape index (κ3) is 2.73. The van der Waals surface area contributed by atoms with Crippen molar-refractivity contribution in [3.05, 3.63) is 64.0 Å². The van der Waals surface area contributed by atoms with Crippen LogP contribution in [0.15, 0.2) is 48.5 Å². The molecule has 0 spiro atoms. The summed E-state index contributed by atoms with van der Waals surface area (Å²) in [6.45, 7) is 0.502. The Morgan fingerprint density at radius 2 is 1.86 bits per heavy atom. The zero-order chi connectivity index (χ0) is 14.8. The summed E-state index contributed by atoms with van der Waals surface area (Å²) in [5.74, 6) is -0.944. The van der Waals surface area contributed by atoms with Gasteiger partial charge in [-0.15, -0.1) is 11.3 Å². The summed E-state index contributed by atoms with van der Waals surface area (Å²) >= 11 is 8.00. The van der Waals surface area contributed by atoms with Crippen molar-refractivity contribution in [3.8, 4) is 0 Å². The molecule has 2 N–H and O–H groups in total. The van der Waals surface area contributed by atoms with Gasteiger partial charge in [-0.05, 0) is 18.2 Å². The topological polar surface area (TPSA) is 49.3 Å². The van der Waals surface area contributed by atoms with Gasteiger partial charge in [-0.2, -0.15) is 0 Å². The van der Waals surface area contributed by atoms with Crippen molar-refractivity contribution >= 4 is 44.7 Å². The molecular weight excluding hydrogens is 306 g/mol. The van der Waals surface area contributed by atoms with Crippen LogP contribution < -0.4 is 5.32 Å². The number of fused-ring (bicyclic) bond motifs is 1. The molecule has 106 valence electrons. The molecule has 1 aromatic heterocycles. The molecule has 21 heavy (non-hydrogen) atoms. The SMILES string of the molecule is O=C(O)c1ccccc1NCc1sc2ccccc2c1Cl. The number of carboxylic acids is 1. The monoisotopic (exact) mass is 317 g/mol. The third-order valence-corrected chi connectivity index (χ3v) is 4.91. The van der Waals surface area contributed by atoms with E-state index >= 15 is 0 Å². The molecule has 3 rings (SSSR count). The van der Waals surface area contributed by atoms with Crippen LogP contribution in [0.25, 0.3) is 10.1 Å². The number of halogens is 1. The second-order valence-electron chi connectivity index (χ2n) is 4.54. The van der Waals surface area contributed by atoms with Crippen LogP contribution in [-0.2, 0) is 6.54 Å². The van der Waals surface area contributed by atoms with Crippen LogP contribution in [0, 0.1) is 0 Å². The summed E-state index contributed by atoms with van der Waals surface area (Å²) in [7, 11) is 0. The molecule has 0 radical (unpaired) electrons. The quantitative estimate of drug-likeness (QED) is 0.722. The van der Waals surface area contributed by atoms with Gasteiger partial charge < -0.3 is 10.4 Å². The fraction of sp³-hybridized carbons (Fsp3) is 0.0625. The lowest BCUT2D eigenvalue weighted by molar-refractivity contribution is 0.0698. The molecule has 0 atom stereocenters. The number of carboxylic acid groups (broad SMARTS) is 1. The number of benzene rings is 2. The number of carbonyl (C=O) groups is 1. The van der Waals surface area contributed by atoms with Crippen LogP contribution in [0.1, 0.15) is 15.2 Å². The molecule has 0 unspecified atom stereocenters. The summed E-state index contributed by atoms with van der Waals surface area (Å²) in [6.07, 6.45) is 0. The summed E-state index contributed by atoms with van der Waals surface area (Å²) in [4.78, 5) is 12.2. The number of hydrogen-bond acceptors (Lipinski definition) is 3. The normalized spacial score (nSPS) is 10.7. The second-order valence-corrected chi connectivity index (χ2v) is 6.05. The van der Waals surface area contributed by atoms with Gasteiger partial charge in [0.2, 0.25) is 0 Å². The van der Waals surface area contributed by atoms with Crippen molar-refractivity contribution in [3.63, 3.8) is 0 Å². The summed E-state index contributed by atoms with van der Waals surface area (Å²) < 4.78 is 1.13. The Morgan fingerprint density at radius 3 is 2.62 bits per heavy atom. The molecule has 0 aliphatic carbocycles.